The van der Waals surface area contributed by atoms with Gasteiger partial charge in [0, 0.05) is 24.3 Å². The van der Waals surface area contributed by atoms with E-state index in [0.29, 0.717) is 17.7 Å². The van der Waals surface area contributed by atoms with Gasteiger partial charge in [0.05, 0.1) is 25.2 Å². The summed E-state index contributed by atoms with van der Waals surface area (Å²) in [6.45, 7) is 0.116. The van der Waals surface area contributed by atoms with Crippen LogP contribution in [0.3, 0.4) is 0 Å². The van der Waals surface area contributed by atoms with Crippen LogP contribution in [0.25, 0.3) is 10.9 Å². The summed E-state index contributed by atoms with van der Waals surface area (Å²) in [5.74, 6) is -1.32. The molecule has 9 nitrogen and oxygen atoms in total. The Bertz CT molecular complexity index is 1280. The van der Waals surface area contributed by atoms with Gasteiger partial charge in [0.25, 0.3) is 5.91 Å². The van der Waals surface area contributed by atoms with Crippen LogP contribution >= 0.6 is 0 Å². The quantitative estimate of drug-likeness (QED) is 0.282. The Hall–Kier alpha value is -4.05. The molecule has 4 aromatic rings. The highest BCUT2D eigenvalue weighted by molar-refractivity contribution is 5.94. The second-order valence-corrected chi connectivity index (χ2v) is 7.80. The highest BCUT2D eigenvalue weighted by Crippen LogP contribution is 2.22. The Kier molecular flexibility index (Phi) is 6.45. The van der Waals surface area contributed by atoms with Crippen LogP contribution in [-0.4, -0.2) is 36.6 Å². The summed E-state index contributed by atoms with van der Waals surface area (Å²) in [6, 6.07) is 12.9. The number of carbonyl (C=O) groups is 2. The summed E-state index contributed by atoms with van der Waals surface area (Å²) in [5, 5.41) is 21.0. The van der Waals surface area contributed by atoms with Crippen molar-refractivity contribution < 1.29 is 19.2 Å². The van der Waals surface area contributed by atoms with Crippen molar-refractivity contribution in [2.45, 2.75) is 25.4 Å². The van der Waals surface area contributed by atoms with E-state index in [0.717, 1.165) is 16.5 Å². The lowest BCUT2D eigenvalue weighted by molar-refractivity contribution is -0.130. The second kappa shape index (κ2) is 9.61. The number of nitrogens with zero attached hydrogens (tertiary/aromatic N) is 4. The molecular weight excluding hydrogens is 427 g/mol. The summed E-state index contributed by atoms with van der Waals surface area (Å²) in [6.07, 6.45) is 4.12. The minimum absolute atomic E-state index is 0.00589. The van der Waals surface area contributed by atoms with Crippen molar-refractivity contribution in [3.8, 4) is 0 Å². The third-order valence-electron chi connectivity index (χ3n) is 5.44. The molecule has 0 aliphatic carbocycles. The van der Waals surface area contributed by atoms with E-state index >= 15 is 0 Å². The van der Waals surface area contributed by atoms with Gasteiger partial charge in [-0.15, -0.1) is 5.10 Å². The third kappa shape index (κ3) is 5.24. The fraction of sp³-hybridized carbons (Fsp3) is 0.217. The summed E-state index contributed by atoms with van der Waals surface area (Å²) < 4.78 is 16.6. The number of hydroxylamine groups is 1. The van der Waals surface area contributed by atoms with Crippen LogP contribution in [0.1, 0.15) is 34.1 Å². The largest absolute Gasteiger partial charge is 0.351 e. The van der Waals surface area contributed by atoms with E-state index in [1.54, 1.807) is 16.4 Å². The van der Waals surface area contributed by atoms with Crippen LogP contribution in [0.15, 0.2) is 60.9 Å². The average Bonchev–Trinajstić information content (AvgIpc) is 3.44. The Labute approximate surface area is 188 Å². The number of hydrogen-bond acceptors (Lipinski definition) is 5. The first kappa shape index (κ1) is 22.2. The minimum atomic E-state index is -0.539. The fourth-order valence-corrected chi connectivity index (χ4v) is 3.70. The number of carbonyl (C=O) groups excluding carboxylic acids is 2. The first-order valence-corrected chi connectivity index (χ1v) is 10.3. The van der Waals surface area contributed by atoms with Crippen LogP contribution in [-0.2, 0) is 24.8 Å². The molecule has 0 fully saturated rings. The van der Waals surface area contributed by atoms with Crippen molar-refractivity contribution in [1.82, 2.24) is 30.4 Å². The van der Waals surface area contributed by atoms with E-state index in [4.69, 9.17) is 5.21 Å². The highest BCUT2D eigenvalue weighted by Gasteiger charge is 2.19. The third-order valence-corrected chi connectivity index (χ3v) is 5.44. The lowest BCUT2D eigenvalue weighted by Gasteiger charge is -2.16. The standard InChI is InChI=1S/C23H23FN6O3/c1-29-9-8-17-10-15(2-7-21(17)29)11-20(12-22(31)27-33)30-14-19(26-28-30)13-25-23(32)16-3-5-18(24)6-4-16/h2-10,14,20,33H,11-13H2,1H3,(H,25,32)(H,27,31)/t20-/m1/s1. The molecule has 0 aliphatic rings. The molecular formula is C23H23FN6O3. The van der Waals surface area contributed by atoms with Gasteiger partial charge in [-0.2, -0.15) is 0 Å². The van der Waals surface area contributed by atoms with E-state index < -0.39 is 17.8 Å². The summed E-state index contributed by atoms with van der Waals surface area (Å²) in [4.78, 5) is 24.1. The van der Waals surface area contributed by atoms with Gasteiger partial charge < -0.3 is 9.88 Å². The molecule has 0 bridgehead atoms. The minimum Gasteiger partial charge on any atom is -0.351 e. The van der Waals surface area contributed by atoms with Gasteiger partial charge in [-0.25, -0.2) is 14.6 Å². The van der Waals surface area contributed by atoms with Gasteiger partial charge in [0.2, 0.25) is 5.91 Å². The summed E-state index contributed by atoms with van der Waals surface area (Å²) in [5.41, 5.74) is 4.60. The van der Waals surface area contributed by atoms with Gasteiger partial charge in [0.15, 0.2) is 0 Å². The molecule has 2 aromatic heterocycles. The van der Waals surface area contributed by atoms with Crippen LogP contribution in [0.2, 0.25) is 0 Å². The molecule has 10 heteroatoms. The Morgan fingerprint density at radius 2 is 1.94 bits per heavy atom. The van der Waals surface area contributed by atoms with E-state index in [1.165, 1.54) is 24.3 Å². The molecule has 2 aromatic carbocycles. The number of halogens is 1. The molecule has 1 atom stereocenters. The van der Waals surface area contributed by atoms with Crippen molar-refractivity contribution in [2.24, 2.45) is 7.05 Å². The van der Waals surface area contributed by atoms with Gasteiger partial charge in [-0.05, 0) is 59.8 Å². The SMILES string of the molecule is Cn1ccc2cc(C[C@H](CC(=O)NO)n3cc(CNC(=O)c4ccc(F)cc4)nn3)ccc21. The number of benzene rings is 2. The molecule has 2 amide bonds. The molecule has 0 saturated heterocycles. The summed E-state index contributed by atoms with van der Waals surface area (Å²) in [7, 11) is 1.97. The Morgan fingerprint density at radius 3 is 2.70 bits per heavy atom. The van der Waals surface area contributed by atoms with Crippen molar-refractivity contribution >= 4 is 22.7 Å². The number of fused-ring (bicyclic) bond motifs is 1. The van der Waals surface area contributed by atoms with Gasteiger partial charge in [-0.3, -0.25) is 14.8 Å². The molecule has 0 unspecified atom stereocenters. The van der Waals surface area contributed by atoms with Crippen LogP contribution in [0.4, 0.5) is 4.39 Å². The van der Waals surface area contributed by atoms with E-state index in [2.05, 4.69) is 21.7 Å². The summed E-state index contributed by atoms with van der Waals surface area (Å²) >= 11 is 0. The predicted molar refractivity (Wildman–Crippen MR) is 118 cm³/mol. The van der Waals surface area contributed by atoms with E-state index in [1.807, 2.05) is 36.0 Å². The monoisotopic (exact) mass is 450 g/mol. The molecule has 4 rings (SSSR count). The molecule has 0 saturated carbocycles. The molecule has 170 valence electrons. The van der Waals surface area contributed by atoms with Crippen molar-refractivity contribution in [1.29, 1.82) is 0 Å². The van der Waals surface area contributed by atoms with Gasteiger partial charge in [-0.1, -0.05) is 11.3 Å². The molecule has 2 heterocycles. The molecule has 3 N–H and O–H groups in total. The smallest absolute Gasteiger partial charge is 0.251 e. The highest BCUT2D eigenvalue weighted by atomic mass is 19.1. The maximum atomic E-state index is 13.0. The van der Waals surface area contributed by atoms with Crippen molar-refractivity contribution in [2.75, 3.05) is 0 Å². The fourth-order valence-electron chi connectivity index (χ4n) is 3.70. The molecule has 0 aliphatic heterocycles. The van der Waals surface area contributed by atoms with Gasteiger partial charge in [0.1, 0.15) is 11.5 Å². The van der Waals surface area contributed by atoms with E-state index in [-0.39, 0.29) is 18.9 Å². The molecule has 0 spiro atoms. The topological polar surface area (TPSA) is 114 Å². The average molecular weight is 450 g/mol. The zero-order valence-electron chi connectivity index (χ0n) is 17.9. The Morgan fingerprint density at radius 1 is 1.15 bits per heavy atom. The number of rotatable bonds is 8. The zero-order valence-corrected chi connectivity index (χ0v) is 17.9. The Balaban J connectivity index is 1.47. The molecule has 0 radical (unpaired) electrons. The van der Waals surface area contributed by atoms with Crippen LogP contribution in [0, 0.1) is 5.82 Å². The first-order valence-electron chi connectivity index (χ1n) is 10.3. The van der Waals surface area contributed by atoms with Crippen molar-refractivity contribution in [3.05, 3.63) is 83.6 Å². The second-order valence-electron chi connectivity index (χ2n) is 7.80. The van der Waals surface area contributed by atoms with E-state index in [9.17, 15) is 14.0 Å². The molecule has 33 heavy (non-hydrogen) atoms. The number of nitrogens with one attached hydrogen (secondary N) is 2. The number of aryl methyl sites for hydroxylation is 1. The van der Waals surface area contributed by atoms with Crippen LogP contribution in [0.5, 0.6) is 0 Å². The van der Waals surface area contributed by atoms with Gasteiger partial charge >= 0.3 is 0 Å². The maximum Gasteiger partial charge on any atom is 0.251 e. The number of hydrogen-bond donors (Lipinski definition) is 3. The van der Waals surface area contributed by atoms with Crippen molar-refractivity contribution in [3.63, 3.8) is 0 Å². The normalized spacial score (nSPS) is 12.0. The number of amides is 2. The lowest BCUT2D eigenvalue weighted by atomic mass is 10.0. The number of aromatic nitrogens is 4. The first-order chi connectivity index (χ1) is 15.9. The van der Waals surface area contributed by atoms with Crippen LogP contribution < -0.4 is 10.8 Å². The zero-order chi connectivity index (χ0) is 23.4. The lowest BCUT2D eigenvalue weighted by Crippen LogP contribution is -2.25. The maximum absolute atomic E-state index is 13.0. The predicted octanol–water partition coefficient (Wildman–Crippen LogP) is 2.52.